The second-order valence-corrected chi connectivity index (χ2v) is 8.26. The standard InChI is InChI=1S/C19H21ClN4O2S/c1-11-7-24(8-12(2)26-11)9-15-10-27-19(21-15)23-18(25)17-6-13-5-14(20)3-4-16(13)22-17/h3-6,10-12,22H,7-9H2,1-2H3,(H,21,23,25)/t11-,12-/m0/s1. The van der Waals surface area contributed by atoms with Crippen LogP contribution in [0.25, 0.3) is 10.9 Å². The Morgan fingerprint density at radius 3 is 2.93 bits per heavy atom. The molecule has 27 heavy (non-hydrogen) atoms. The van der Waals surface area contributed by atoms with Crippen molar-refractivity contribution >= 4 is 44.9 Å². The number of aromatic nitrogens is 2. The summed E-state index contributed by atoms with van der Waals surface area (Å²) >= 11 is 7.44. The molecule has 2 N–H and O–H groups in total. The fourth-order valence-electron chi connectivity index (χ4n) is 3.47. The van der Waals surface area contributed by atoms with Gasteiger partial charge in [0.25, 0.3) is 5.91 Å². The molecule has 0 saturated carbocycles. The number of H-pyrrole nitrogens is 1. The molecule has 3 heterocycles. The van der Waals surface area contributed by atoms with Gasteiger partial charge >= 0.3 is 0 Å². The summed E-state index contributed by atoms with van der Waals surface area (Å²) in [4.78, 5) is 22.5. The largest absolute Gasteiger partial charge is 0.373 e. The first-order valence-electron chi connectivity index (χ1n) is 8.88. The van der Waals surface area contributed by atoms with E-state index in [4.69, 9.17) is 16.3 Å². The van der Waals surface area contributed by atoms with Crippen LogP contribution in [0.1, 0.15) is 30.0 Å². The lowest BCUT2D eigenvalue weighted by atomic mass is 10.2. The number of rotatable bonds is 4. The molecule has 6 nitrogen and oxygen atoms in total. The molecule has 1 amide bonds. The van der Waals surface area contributed by atoms with E-state index >= 15 is 0 Å². The van der Waals surface area contributed by atoms with Crippen molar-refractivity contribution in [2.24, 2.45) is 0 Å². The highest BCUT2D eigenvalue weighted by atomic mass is 35.5. The van der Waals surface area contributed by atoms with E-state index in [-0.39, 0.29) is 18.1 Å². The van der Waals surface area contributed by atoms with Gasteiger partial charge in [0.15, 0.2) is 5.13 Å². The highest BCUT2D eigenvalue weighted by Gasteiger charge is 2.23. The summed E-state index contributed by atoms with van der Waals surface area (Å²) in [7, 11) is 0. The lowest BCUT2D eigenvalue weighted by molar-refractivity contribution is -0.0707. The topological polar surface area (TPSA) is 70.2 Å². The number of nitrogens with zero attached hydrogens (tertiary/aromatic N) is 2. The van der Waals surface area contributed by atoms with E-state index in [1.165, 1.54) is 11.3 Å². The van der Waals surface area contributed by atoms with Gasteiger partial charge in [-0.25, -0.2) is 4.98 Å². The van der Waals surface area contributed by atoms with E-state index in [0.29, 0.717) is 15.8 Å². The molecule has 2 aromatic heterocycles. The van der Waals surface area contributed by atoms with Gasteiger partial charge in [-0.2, -0.15) is 0 Å². The molecule has 1 fully saturated rings. The minimum absolute atomic E-state index is 0.211. The van der Waals surface area contributed by atoms with Gasteiger partial charge in [0.2, 0.25) is 0 Å². The molecular weight excluding hydrogens is 384 g/mol. The maximum atomic E-state index is 12.5. The van der Waals surface area contributed by atoms with E-state index in [1.54, 1.807) is 12.1 Å². The number of aromatic amines is 1. The van der Waals surface area contributed by atoms with Crippen molar-refractivity contribution < 1.29 is 9.53 Å². The Hall–Kier alpha value is -1.93. The molecule has 1 saturated heterocycles. The van der Waals surface area contributed by atoms with Gasteiger partial charge in [0.1, 0.15) is 5.69 Å². The minimum atomic E-state index is -0.211. The molecule has 0 unspecified atom stereocenters. The molecule has 8 heteroatoms. The van der Waals surface area contributed by atoms with Crippen LogP contribution in [-0.2, 0) is 11.3 Å². The van der Waals surface area contributed by atoms with Crippen molar-refractivity contribution in [2.75, 3.05) is 18.4 Å². The highest BCUT2D eigenvalue weighted by molar-refractivity contribution is 7.13. The Balaban J connectivity index is 1.41. The van der Waals surface area contributed by atoms with Crippen LogP contribution in [0.15, 0.2) is 29.6 Å². The lowest BCUT2D eigenvalue weighted by Gasteiger charge is -2.34. The van der Waals surface area contributed by atoms with Crippen molar-refractivity contribution in [1.82, 2.24) is 14.9 Å². The Kier molecular flexibility index (Phi) is 5.19. The first-order valence-corrected chi connectivity index (χ1v) is 10.1. The maximum absolute atomic E-state index is 12.5. The van der Waals surface area contributed by atoms with E-state index in [1.807, 2.05) is 17.5 Å². The van der Waals surface area contributed by atoms with Crippen molar-refractivity contribution in [2.45, 2.75) is 32.6 Å². The quantitative estimate of drug-likeness (QED) is 0.685. The monoisotopic (exact) mass is 404 g/mol. The number of thiazole rings is 1. The third-order valence-corrected chi connectivity index (χ3v) is 5.52. The SMILES string of the molecule is C[C@H]1CN(Cc2csc(NC(=O)c3cc4cc(Cl)ccc4[nH]3)n2)C[C@H](C)O1. The number of carbonyl (C=O) groups is 1. The van der Waals surface area contributed by atoms with Crippen molar-refractivity contribution in [3.63, 3.8) is 0 Å². The third kappa shape index (κ3) is 4.32. The average Bonchev–Trinajstić information content (AvgIpc) is 3.20. The molecule has 2 atom stereocenters. The molecule has 0 spiro atoms. The third-order valence-electron chi connectivity index (χ3n) is 4.48. The van der Waals surface area contributed by atoms with E-state index in [9.17, 15) is 4.79 Å². The summed E-state index contributed by atoms with van der Waals surface area (Å²) in [5.41, 5.74) is 2.32. The molecule has 1 aromatic carbocycles. The first kappa shape index (κ1) is 18.4. The van der Waals surface area contributed by atoms with Crippen molar-refractivity contribution in [1.29, 1.82) is 0 Å². The number of amides is 1. The van der Waals surface area contributed by atoms with Crippen LogP contribution < -0.4 is 5.32 Å². The molecule has 142 valence electrons. The van der Waals surface area contributed by atoms with Crippen LogP contribution in [0, 0.1) is 0 Å². The number of carbonyl (C=O) groups excluding carboxylic acids is 1. The number of halogens is 1. The Morgan fingerprint density at radius 1 is 1.37 bits per heavy atom. The zero-order chi connectivity index (χ0) is 19.0. The van der Waals surface area contributed by atoms with Crippen LogP contribution in [0.3, 0.4) is 0 Å². The number of hydrogen-bond acceptors (Lipinski definition) is 5. The highest BCUT2D eigenvalue weighted by Crippen LogP contribution is 2.22. The van der Waals surface area contributed by atoms with Gasteiger partial charge in [-0.1, -0.05) is 11.6 Å². The van der Waals surface area contributed by atoms with Crippen molar-refractivity contribution in [3.05, 3.63) is 46.1 Å². The number of morpholine rings is 1. The number of hydrogen-bond donors (Lipinski definition) is 2. The number of anilines is 1. The Labute approximate surface area is 166 Å². The molecule has 0 bridgehead atoms. The Morgan fingerprint density at radius 2 is 2.15 bits per heavy atom. The molecule has 1 aliphatic heterocycles. The van der Waals surface area contributed by atoms with Gasteiger partial charge in [-0.15, -0.1) is 11.3 Å². The van der Waals surface area contributed by atoms with Crippen LogP contribution in [0.2, 0.25) is 5.02 Å². The first-order chi connectivity index (χ1) is 13.0. The fraction of sp³-hybridized carbons (Fsp3) is 0.368. The molecule has 4 rings (SSSR count). The predicted octanol–water partition coefficient (Wildman–Crippen LogP) is 4.14. The summed E-state index contributed by atoms with van der Waals surface area (Å²) in [6.07, 6.45) is 0.448. The Bertz CT molecular complexity index is 960. The van der Waals surface area contributed by atoms with Gasteiger partial charge in [-0.05, 0) is 38.1 Å². The summed E-state index contributed by atoms with van der Waals surface area (Å²) in [6.45, 7) is 6.71. The van der Waals surface area contributed by atoms with Gasteiger partial charge in [0, 0.05) is 40.9 Å². The molecule has 1 aliphatic rings. The maximum Gasteiger partial charge on any atom is 0.273 e. The molecule has 0 radical (unpaired) electrons. The molecule has 0 aliphatic carbocycles. The number of benzene rings is 1. The number of fused-ring (bicyclic) bond motifs is 1. The van der Waals surface area contributed by atoms with Gasteiger partial charge in [-0.3, -0.25) is 15.0 Å². The van der Waals surface area contributed by atoms with Crippen LogP contribution in [-0.4, -0.2) is 46.1 Å². The van der Waals surface area contributed by atoms with E-state index in [0.717, 1.165) is 36.2 Å². The zero-order valence-electron chi connectivity index (χ0n) is 15.2. The predicted molar refractivity (Wildman–Crippen MR) is 109 cm³/mol. The molecule has 3 aromatic rings. The van der Waals surface area contributed by atoms with Crippen LogP contribution in [0.5, 0.6) is 0 Å². The van der Waals surface area contributed by atoms with Crippen LogP contribution >= 0.6 is 22.9 Å². The summed E-state index contributed by atoms with van der Waals surface area (Å²) in [6, 6.07) is 7.28. The molecular formula is C19H21ClN4O2S. The minimum Gasteiger partial charge on any atom is -0.373 e. The average molecular weight is 405 g/mol. The summed E-state index contributed by atoms with van der Waals surface area (Å²) < 4.78 is 5.76. The number of nitrogens with one attached hydrogen (secondary N) is 2. The second-order valence-electron chi connectivity index (χ2n) is 6.96. The van der Waals surface area contributed by atoms with Gasteiger partial charge in [0.05, 0.1) is 17.9 Å². The number of ether oxygens (including phenoxy) is 1. The lowest BCUT2D eigenvalue weighted by Crippen LogP contribution is -2.44. The summed E-state index contributed by atoms with van der Waals surface area (Å²) in [5, 5.41) is 7.01. The van der Waals surface area contributed by atoms with Gasteiger partial charge < -0.3 is 9.72 Å². The smallest absolute Gasteiger partial charge is 0.273 e. The fourth-order valence-corrected chi connectivity index (χ4v) is 4.35. The van der Waals surface area contributed by atoms with Crippen molar-refractivity contribution in [3.8, 4) is 0 Å². The second kappa shape index (κ2) is 7.59. The van der Waals surface area contributed by atoms with E-state index in [2.05, 4.69) is 34.0 Å². The van der Waals surface area contributed by atoms with Crippen LogP contribution in [0.4, 0.5) is 5.13 Å². The van der Waals surface area contributed by atoms with E-state index < -0.39 is 0 Å². The summed E-state index contributed by atoms with van der Waals surface area (Å²) in [5.74, 6) is -0.211. The normalized spacial score (nSPS) is 20.9. The zero-order valence-corrected chi connectivity index (χ0v) is 16.7.